The molecule has 0 aromatic heterocycles. The van der Waals surface area contributed by atoms with Gasteiger partial charge in [-0.1, -0.05) is 6.42 Å². The van der Waals surface area contributed by atoms with Crippen LogP contribution in [-0.2, 0) is 10.0 Å². The molecular formula is C13H17N3O2S. The van der Waals surface area contributed by atoms with Crippen molar-refractivity contribution in [2.45, 2.75) is 24.2 Å². The maximum atomic E-state index is 12.4. The van der Waals surface area contributed by atoms with Gasteiger partial charge in [0.25, 0.3) is 0 Å². The first-order valence-electron chi connectivity index (χ1n) is 6.21. The first-order valence-corrected chi connectivity index (χ1v) is 7.65. The molecule has 0 unspecified atom stereocenters. The summed E-state index contributed by atoms with van der Waals surface area (Å²) in [7, 11) is -1.99. The Morgan fingerprint density at radius 1 is 1.47 bits per heavy atom. The van der Waals surface area contributed by atoms with E-state index in [0.717, 1.165) is 12.8 Å². The quantitative estimate of drug-likeness (QED) is 0.847. The van der Waals surface area contributed by atoms with E-state index in [1.54, 1.807) is 7.05 Å². The zero-order valence-electron chi connectivity index (χ0n) is 10.8. The summed E-state index contributed by atoms with van der Waals surface area (Å²) >= 11 is 0. The summed E-state index contributed by atoms with van der Waals surface area (Å²) in [5, 5.41) is 8.76. The Balaban J connectivity index is 2.25. The number of nitrogens with zero attached hydrogens (tertiary/aromatic N) is 2. The van der Waals surface area contributed by atoms with Crippen LogP contribution in [0, 0.1) is 17.2 Å². The van der Waals surface area contributed by atoms with Crippen LogP contribution in [0.3, 0.4) is 0 Å². The van der Waals surface area contributed by atoms with Crippen LogP contribution in [0.5, 0.6) is 0 Å². The minimum Gasteiger partial charge on any atom is -0.398 e. The van der Waals surface area contributed by atoms with Crippen LogP contribution < -0.4 is 5.73 Å². The van der Waals surface area contributed by atoms with Crippen molar-refractivity contribution in [1.29, 1.82) is 5.26 Å². The van der Waals surface area contributed by atoms with E-state index >= 15 is 0 Å². The fourth-order valence-electron chi connectivity index (χ4n) is 2.16. The number of nitrogen functional groups attached to an aromatic ring is 1. The maximum absolute atomic E-state index is 12.4. The predicted octanol–water partition coefficient (Wildman–Crippen LogP) is 1.56. The summed E-state index contributed by atoms with van der Waals surface area (Å²) in [6.45, 7) is 0.530. The van der Waals surface area contributed by atoms with Crippen molar-refractivity contribution < 1.29 is 8.42 Å². The van der Waals surface area contributed by atoms with Gasteiger partial charge >= 0.3 is 0 Å². The van der Waals surface area contributed by atoms with Crippen LogP contribution in [0.1, 0.15) is 24.8 Å². The lowest BCUT2D eigenvalue weighted by molar-refractivity contribution is 0.263. The molecule has 0 spiro atoms. The summed E-state index contributed by atoms with van der Waals surface area (Å²) in [6.07, 6.45) is 3.35. The molecule has 2 N–H and O–H groups in total. The number of rotatable bonds is 4. The van der Waals surface area contributed by atoms with Crippen LogP contribution >= 0.6 is 0 Å². The lowest BCUT2D eigenvalue weighted by Gasteiger charge is -2.29. The van der Waals surface area contributed by atoms with Crippen LogP contribution in [0.2, 0.25) is 0 Å². The Hall–Kier alpha value is -1.58. The Labute approximate surface area is 113 Å². The summed E-state index contributed by atoms with van der Waals surface area (Å²) < 4.78 is 26.1. The van der Waals surface area contributed by atoms with Gasteiger partial charge in [-0.05, 0) is 37.0 Å². The highest BCUT2D eigenvalue weighted by Crippen LogP contribution is 2.29. The van der Waals surface area contributed by atoms with E-state index in [1.807, 2.05) is 6.07 Å². The van der Waals surface area contributed by atoms with Crippen LogP contribution in [0.4, 0.5) is 5.69 Å². The van der Waals surface area contributed by atoms with Crippen molar-refractivity contribution in [3.05, 3.63) is 23.8 Å². The van der Waals surface area contributed by atoms with Gasteiger partial charge in [0.05, 0.1) is 17.3 Å². The fraction of sp³-hybridized carbons (Fsp3) is 0.462. The van der Waals surface area contributed by atoms with Gasteiger partial charge < -0.3 is 5.73 Å². The van der Waals surface area contributed by atoms with Gasteiger partial charge in [-0.25, -0.2) is 12.7 Å². The first kappa shape index (κ1) is 13.8. The van der Waals surface area contributed by atoms with Gasteiger partial charge in [0.2, 0.25) is 10.0 Å². The second-order valence-corrected chi connectivity index (χ2v) is 6.96. The van der Waals surface area contributed by atoms with Crippen molar-refractivity contribution in [3.63, 3.8) is 0 Å². The molecule has 0 bridgehead atoms. The number of anilines is 1. The largest absolute Gasteiger partial charge is 0.398 e. The molecule has 6 heteroatoms. The average molecular weight is 279 g/mol. The lowest BCUT2D eigenvalue weighted by atomic mass is 9.86. The van der Waals surface area contributed by atoms with Crippen molar-refractivity contribution in [1.82, 2.24) is 4.31 Å². The Kier molecular flexibility index (Phi) is 3.78. The average Bonchev–Trinajstić information content (AvgIpc) is 2.32. The fourth-order valence-corrected chi connectivity index (χ4v) is 3.50. The standard InChI is InChI=1S/C13H17N3O2S/c1-16(9-10-3-2-4-10)19(17,18)13-6-5-11(8-14)7-12(13)15/h5-7,10H,2-4,9,15H2,1H3. The zero-order chi connectivity index (χ0) is 14.0. The third kappa shape index (κ3) is 2.72. The molecule has 102 valence electrons. The second-order valence-electron chi connectivity index (χ2n) is 4.95. The summed E-state index contributed by atoms with van der Waals surface area (Å²) in [5.74, 6) is 0.458. The molecule has 1 saturated carbocycles. The molecule has 0 atom stereocenters. The van der Waals surface area contributed by atoms with E-state index in [1.165, 1.54) is 28.9 Å². The summed E-state index contributed by atoms with van der Waals surface area (Å²) in [6, 6.07) is 6.21. The molecule has 5 nitrogen and oxygen atoms in total. The highest BCUT2D eigenvalue weighted by Gasteiger charge is 2.28. The SMILES string of the molecule is CN(CC1CCC1)S(=O)(=O)c1ccc(C#N)cc1N. The molecule has 1 aromatic rings. The maximum Gasteiger partial charge on any atom is 0.244 e. The van der Waals surface area contributed by atoms with E-state index in [9.17, 15) is 8.42 Å². The van der Waals surface area contributed by atoms with Crippen molar-refractivity contribution in [3.8, 4) is 6.07 Å². The molecule has 2 rings (SSSR count). The monoisotopic (exact) mass is 279 g/mol. The predicted molar refractivity (Wildman–Crippen MR) is 72.7 cm³/mol. The highest BCUT2D eigenvalue weighted by molar-refractivity contribution is 7.89. The first-order chi connectivity index (χ1) is 8.95. The van der Waals surface area contributed by atoms with Crippen LogP contribution in [0.15, 0.2) is 23.1 Å². The van der Waals surface area contributed by atoms with Gasteiger partial charge in [0, 0.05) is 13.6 Å². The zero-order valence-corrected chi connectivity index (χ0v) is 11.7. The molecule has 1 aliphatic rings. The van der Waals surface area contributed by atoms with Gasteiger partial charge in [0.15, 0.2) is 0 Å². The molecule has 1 aromatic carbocycles. The minimum atomic E-state index is -3.57. The number of hydrogen-bond donors (Lipinski definition) is 1. The topological polar surface area (TPSA) is 87.2 Å². The molecule has 0 saturated heterocycles. The van der Waals surface area contributed by atoms with Crippen LogP contribution in [0.25, 0.3) is 0 Å². The van der Waals surface area contributed by atoms with Crippen molar-refractivity contribution in [2.75, 3.05) is 19.3 Å². The number of nitriles is 1. The van der Waals surface area contributed by atoms with E-state index in [4.69, 9.17) is 11.0 Å². The molecule has 1 fully saturated rings. The Morgan fingerprint density at radius 3 is 2.63 bits per heavy atom. The van der Waals surface area contributed by atoms with E-state index < -0.39 is 10.0 Å². The minimum absolute atomic E-state index is 0.0772. The van der Waals surface area contributed by atoms with Crippen LogP contribution in [-0.4, -0.2) is 26.3 Å². The number of benzene rings is 1. The molecule has 0 radical (unpaired) electrons. The van der Waals surface area contributed by atoms with Gasteiger partial charge in [-0.2, -0.15) is 5.26 Å². The Morgan fingerprint density at radius 2 is 2.16 bits per heavy atom. The molecule has 0 aliphatic heterocycles. The van der Waals surface area contributed by atoms with Gasteiger partial charge in [-0.3, -0.25) is 0 Å². The number of nitrogens with two attached hydrogens (primary N) is 1. The molecular weight excluding hydrogens is 262 g/mol. The normalized spacial score (nSPS) is 16.1. The highest BCUT2D eigenvalue weighted by atomic mass is 32.2. The molecule has 1 aliphatic carbocycles. The third-order valence-corrected chi connectivity index (χ3v) is 5.46. The van der Waals surface area contributed by atoms with E-state index in [-0.39, 0.29) is 10.6 Å². The Bertz CT molecular complexity index is 615. The lowest BCUT2D eigenvalue weighted by Crippen LogP contribution is -2.34. The number of hydrogen-bond acceptors (Lipinski definition) is 4. The molecule has 0 amide bonds. The summed E-state index contributed by atoms with van der Waals surface area (Å²) in [5.41, 5.74) is 6.23. The van der Waals surface area contributed by atoms with E-state index in [0.29, 0.717) is 18.0 Å². The molecule has 19 heavy (non-hydrogen) atoms. The smallest absolute Gasteiger partial charge is 0.244 e. The van der Waals surface area contributed by atoms with Gasteiger partial charge in [-0.15, -0.1) is 0 Å². The third-order valence-electron chi connectivity index (χ3n) is 3.57. The molecule has 0 heterocycles. The van der Waals surface area contributed by atoms with Crippen molar-refractivity contribution in [2.24, 2.45) is 5.92 Å². The van der Waals surface area contributed by atoms with Crippen molar-refractivity contribution >= 4 is 15.7 Å². The summed E-state index contributed by atoms with van der Waals surface area (Å²) in [4.78, 5) is 0.0772. The van der Waals surface area contributed by atoms with E-state index in [2.05, 4.69) is 0 Å². The second kappa shape index (κ2) is 5.19. The number of sulfonamides is 1. The van der Waals surface area contributed by atoms with Gasteiger partial charge in [0.1, 0.15) is 4.90 Å².